The smallest absolute Gasteiger partial charge is 0.243 e. The van der Waals surface area contributed by atoms with E-state index in [4.69, 9.17) is 0 Å². The Hall–Kier alpha value is -2.74. The van der Waals surface area contributed by atoms with Gasteiger partial charge in [-0.05, 0) is 43.3 Å². The van der Waals surface area contributed by atoms with E-state index in [9.17, 15) is 9.59 Å². The zero-order valence-electron chi connectivity index (χ0n) is 15.0. The first-order valence-corrected chi connectivity index (χ1v) is 9.93. The van der Waals surface area contributed by atoms with Crippen LogP contribution in [0.1, 0.15) is 36.5 Å². The summed E-state index contributed by atoms with van der Waals surface area (Å²) in [6.07, 6.45) is 3.76. The molecule has 1 fully saturated rings. The van der Waals surface area contributed by atoms with Gasteiger partial charge < -0.3 is 10.2 Å². The van der Waals surface area contributed by atoms with E-state index in [0.717, 1.165) is 16.9 Å². The van der Waals surface area contributed by atoms with E-state index in [0.29, 0.717) is 25.2 Å². The fourth-order valence-electron chi connectivity index (χ4n) is 3.53. The van der Waals surface area contributed by atoms with Gasteiger partial charge in [0.25, 0.3) is 0 Å². The number of likely N-dealkylation sites (tertiary alicyclic amines) is 1. The maximum absolute atomic E-state index is 12.8. The van der Waals surface area contributed by atoms with Gasteiger partial charge in [-0.2, -0.15) is 0 Å². The Morgan fingerprint density at radius 2 is 2.19 bits per heavy atom. The summed E-state index contributed by atoms with van der Waals surface area (Å²) < 4.78 is 1.86. The molecule has 4 heterocycles. The third-order valence-corrected chi connectivity index (χ3v) is 5.74. The molecule has 0 aromatic carbocycles. The Bertz CT molecular complexity index is 952. The molecule has 140 valence electrons. The largest absolute Gasteiger partial charge is 0.345 e. The fraction of sp³-hybridized carbons (Fsp3) is 0.368. The molecular formula is C19H21N5O2S. The van der Waals surface area contributed by atoms with Crippen molar-refractivity contribution >= 4 is 28.8 Å². The van der Waals surface area contributed by atoms with Gasteiger partial charge in [0.2, 0.25) is 11.8 Å². The molecule has 8 heteroatoms. The molecule has 1 saturated heterocycles. The highest BCUT2D eigenvalue weighted by Crippen LogP contribution is 2.21. The van der Waals surface area contributed by atoms with Crippen LogP contribution in [0.4, 0.5) is 0 Å². The SMILES string of the molecule is CC(NC(=O)C1CCCN1C(=O)Cc1cccs1)c1nnc2ccccn12. The average molecular weight is 383 g/mol. The minimum Gasteiger partial charge on any atom is -0.345 e. The second-order valence-electron chi connectivity index (χ2n) is 6.72. The third kappa shape index (κ3) is 3.57. The molecule has 0 saturated carbocycles. The van der Waals surface area contributed by atoms with E-state index in [2.05, 4.69) is 15.5 Å². The van der Waals surface area contributed by atoms with Crippen LogP contribution < -0.4 is 5.32 Å². The number of thiophene rings is 1. The first-order chi connectivity index (χ1) is 13.1. The first-order valence-electron chi connectivity index (χ1n) is 9.05. The normalized spacial score (nSPS) is 18.0. The molecule has 3 aromatic rings. The molecule has 1 aliphatic heterocycles. The monoisotopic (exact) mass is 383 g/mol. The highest BCUT2D eigenvalue weighted by atomic mass is 32.1. The van der Waals surface area contributed by atoms with Crippen molar-refractivity contribution in [2.45, 2.75) is 38.3 Å². The summed E-state index contributed by atoms with van der Waals surface area (Å²) in [6, 6.07) is 8.83. The van der Waals surface area contributed by atoms with Crippen LogP contribution in [0, 0.1) is 0 Å². The Morgan fingerprint density at radius 1 is 1.30 bits per heavy atom. The number of rotatable bonds is 5. The standard InChI is InChI=1S/C19H21N5O2S/c1-13(18-22-21-16-8-2-3-9-24(16)18)20-19(26)15-7-4-10-23(15)17(25)12-14-6-5-11-27-14/h2-3,5-6,8-9,11,13,15H,4,7,10,12H2,1H3,(H,20,26). The molecule has 7 nitrogen and oxygen atoms in total. The van der Waals surface area contributed by atoms with E-state index in [1.807, 2.05) is 53.2 Å². The van der Waals surface area contributed by atoms with Gasteiger partial charge in [0.1, 0.15) is 6.04 Å². The quantitative estimate of drug-likeness (QED) is 0.733. The molecule has 1 aliphatic rings. The van der Waals surface area contributed by atoms with Gasteiger partial charge in [0.15, 0.2) is 11.5 Å². The topological polar surface area (TPSA) is 79.6 Å². The van der Waals surface area contributed by atoms with E-state index >= 15 is 0 Å². The molecular weight excluding hydrogens is 362 g/mol. The van der Waals surface area contributed by atoms with Crippen LogP contribution in [0.3, 0.4) is 0 Å². The Morgan fingerprint density at radius 3 is 3.00 bits per heavy atom. The summed E-state index contributed by atoms with van der Waals surface area (Å²) in [5.41, 5.74) is 0.738. The van der Waals surface area contributed by atoms with Gasteiger partial charge in [0, 0.05) is 17.6 Å². The summed E-state index contributed by atoms with van der Waals surface area (Å²) in [6.45, 7) is 2.51. The molecule has 0 radical (unpaired) electrons. The summed E-state index contributed by atoms with van der Waals surface area (Å²) in [7, 11) is 0. The Labute approximate surface area is 161 Å². The highest BCUT2D eigenvalue weighted by molar-refractivity contribution is 7.10. The van der Waals surface area contributed by atoms with E-state index < -0.39 is 6.04 Å². The molecule has 27 heavy (non-hydrogen) atoms. The van der Waals surface area contributed by atoms with Crippen molar-refractivity contribution in [2.75, 3.05) is 6.54 Å². The predicted molar refractivity (Wildman–Crippen MR) is 102 cm³/mol. The Kier molecular flexibility index (Phi) is 4.89. The highest BCUT2D eigenvalue weighted by Gasteiger charge is 2.34. The first kappa shape index (κ1) is 17.7. The second-order valence-corrected chi connectivity index (χ2v) is 7.75. The number of carbonyl (C=O) groups excluding carboxylic acids is 2. The number of pyridine rings is 1. The molecule has 4 rings (SSSR count). The molecule has 0 aliphatic carbocycles. The molecule has 2 atom stereocenters. The maximum Gasteiger partial charge on any atom is 0.243 e. The summed E-state index contributed by atoms with van der Waals surface area (Å²) in [5, 5.41) is 13.3. The van der Waals surface area contributed by atoms with Crippen molar-refractivity contribution in [3.05, 3.63) is 52.6 Å². The number of aromatic nitrogens is 3. The van der Waals surface area contributed by atoms with Crippen LogP contribution >= 0.6 is 11.3 Å². The van der Waals surface area contributed by atoms with Crippen molar-refractivity contribution < 1.29 is 9.59 Å². The number of carbonyl (C=O) groups is 2. The predicted octanol–water partition coefficient (Wildman–Crippen LogP) is 2.20. The lowest BCUT2D eigenvalue weighted by atomic mass is 10.1. The summed E-state index contributed by atoms with van der Waals surface area (Å²) in [4.78, 5) is 28.2. The minimum absolute atomic E-state index is 0.00989. The van der Waals surface area contributed by atoms with E-state index in [1.165, 1.54) is 0 Å². The molecule has 0 bridgehead atoms. The van der Waals surface area contributed by atoms with Crippen molar-refractivity contribution in [1.29, 1.82) is 0 Å². The van der Waals surface area contributed by atoms with E-state index in [1.54, 1.807) is 16.2 Å². The number of nitrogens with one attached hydrogen (secondary N) is 1. The van der Waals surface area contributed by atoms with Crippen LogP contribution in [0.2, 0.25) is 0 Å². The van der Waals surface area contributed by atoms with Gasteiger partial charge in [-0.3, -0.25) is 14.0 Å². The van der Waals surface area contributed by atoms with Crippen LogP contribution in [-0.4, -0.2) is 43.9 Å². The molecule has 1 N–H and O–H groups in total. The Balaban J connectivity index is 1.44. The third-order valence-electron chi connectivity index (χ3n) is 4.87. The second kappa shape index (κ2) is 7.48. The van der Waals surface area contributed by atoms with Crippen molar-refractivity contribution in [3.63, 3.8) is 0 Å². The maximum atomic E-state index is 12.8. The van der Waals surface area contributed by atoms with Gasteiger partial charge >= 0.3 is 0 Å². The summed E-state index contributed by atoms with van der Waals surface area (Å²) in [5.74, 6) is 0.552. The van der Waals surface area contributed by atoms with Crippen molar-refractivity contribution in [1.82, 2.24) is 24.8 Å². The average Bonchev–Trinajstić information content (AvgIpc) is 3.41. The van der Waals surface area contributed by atoms with Crippen LogP contribution in [-0.2, 0) is 16.0 Å². The van der Waals surface area contributed by atoms with Gasteiger partial charge in [0.05, 0.1) is 12.5 Å². The molecule has 2 amide bonds. The number of amides is 2. The van der Waals surface area contributed by atoms with Crippen LogP contribution in [0.5, 0.6) is 0 Å². The molecule has 3 aromatic heterocycles. The molecule has 2 unspecified atom stereocenters. The number of hydrogen-bond acceptors (Lipinski definition) is 5. The fourth-order valence-corrected chi connectivity index (χ4v) is 4.23. The van der Waals surface area contributed by atoms with Crippen molar-refractivity contribution in [2.24, 2.45) is 0 Å². The lowest BCUT2D eigenvalue weighted by Crippen LogP contribution is -2.47. The van der Waals surface area contributed by atoms with Gasteiger partial charge in [-0.15, -0.1) is 21.5 Å². The minimum atomic E-state index is -0.418. The lowest BCUT2D eigenvalue weighted by molar-refractivity contribution is -0.138. The van der Waals surface area contributed by atoms with Gasteiger partial charge in [-0.1, -0.05) is 12.1 Å². The molecule has 0 spiro atoms. The van der Waals surface area contributed by atoms with Crippen molar-refractivity contribution in [3.8, 4) is 0 Å². The summed E-state index contributed by atoms with van der Waals surface area (Å²) >= 11 is 1.56. The number of fused-ring (bicyclic) bond motifs is 1. The number of hydrogen-bond donors (Lipinski definition) is 1. The number of nitrogens with zero attached hydrogens (tertiary/aromatic N) is 4. The van der Waals surface area contributed by atoms with Crippen LogP contribution in [0.15, 0.2) is 41.9 Å². The zero-order chi connectivity index (χ0) is 18.8. The van der Waals surface area contributed by atoms with E-state index in [-0.39, 0.29) is 17.9 Å². The zero-order valence-corrected chi connectivity index (χ0v) is 15.9. The van der Waals surface area contributed by atoms with Crippen LogP contribution in [0.25, 0.3) is 5.65 Å². The van der Waals surface area contributed by atoms with Gasteiger partial charge in [-0.25, -0.2) is 0 Å². The lowest BCUT2D eigenvalue weighted by Gasteiger charge is -2.25.